The highest BCUT2D eigenvalue weighted by molar-refractivity contribution is 6.12. The number of primary amides is 1. The predicted molar refractivity (Wildman–Crippen MR) is 83.7 cm³/mol. The highest BCUT2D eigenvalue weighted by Gasteiger charge is 2.11. The number of carbonyl (C=O) groups excluding carboxylic acids is 2. The summed E-state index contributed by atoms with van der Waals surface area (Å²) in [7, 11) is 0. The molecule has 3 aromatic rings. The Kier molecular flexibility index (Phi) is 3.45. The number of hydrogen-bond donors (Lipinski definition) is 4. The van der Waals surface area contributed by atoms with Gasteiger partial charge < -0.3 is 16.4 Å². The van der Waals surface area contributed by atoms with Gasteiger partial charge in [0.1, 0.15) is 0 Å². The van der Waals surface area contributed by atoms with Gasteiger partial charge in [-0.25, -0.2) is 4.79 Å². The Bertz CT molecular complexity index is 856. The van der Waals surface area contributed by atoms with Gasteiger partial charge in [-0.1, -0.05) is 18.2 Å². The van der Waals surface area contributed by atoms with Crippen LogP contribution in [0.25, 0.3) is 10.9 Å². The number of nitrogens with one attached hydrogen (secondary N) is 3. The monoisotopic (exact) mass is 295 g/mol. The minimum atomic E-state index is -0.661. The van der Waals surface area contributed by atoms with Crippen LogP contribution in [-0.4, -0.2) is 22.1 Å². The lowest BCUT2D eigenvalue weighted by atomic mass is 10.1. The molecule has 110 valence electrons. The first kappa shape index (κ1) is 13.6. The molecule has 22 heavy (non-hydrogen) atoms. The molecule has 3 rings (SSSR count). The van der Waals surface area contributed by atoms with Gasteiger partial charge in [-0.05, 0) is 24.3 Å². The molecule has 7 nitrogen and oxygen atoms in total. The molecule has 0 radical (unpaired) electrons. The van der Waals surface area contributed by atoms with E-state index in [0.29, 0.717) is 22.5 Å². The van der Waals surface area contributed by atoms with Crippen LogP contribution in [0.4, 0.5) is 16.2 Å². The fourth-order valence-electron chi connectivity index (χ4n) is 2.17. The van der Waals surface area contributed by atoms with E-state index in [4.69, 9.17) is 5.73 Å². The molecule has 0 aliphatic heterocycles. The van der Waals surface area contributed by atoms with Crippen molar-refractivity contribution in [1.29, 1.82) is 0 Å². The van der Waals surface area contributed by atoms with Crippen molar-refractivity contribution in [3.05, 3.63) is 54.2 Å². The van der Waals surface area contributed by atoms with E-state index in [9.17, 15) is 9.59 Å². The third-order valence-electron chi connectivity index (χ3n) is 3.11. The van der Waals surface area contributed by atoms with Crippen molar-refractivity contribution in [1.82, 2.24) is 10.2 Å². The van der Waals surface area contributed by atoms with E-state index in [2.05, 4.69) is 20.8 Å². The molecule has 0 spiro atoms. The van der Waals surface area contributed by atoms with Crippen LogP contribution in [0.1, 0.15) is 10.4 Å². The number of H-pyrrole nitrogens is 1. The molecule has 0 aliphatic carbocycles. The van der Waals surface area contributed by atoms with Crippen molar-refractivity contribution in [3.63, 3.8) is 0 Å². The summed E-state index contributed by atoms with van der Waals surface area (Å²) in [6.07, 6.45) is 1.66. The Hall–Kier alpha value is -3.35. The lowest BCUT2D eigenvalue weighted by Crippen LogP contribution is -2.19. The predicted octanol–water partition coefficient (Wildman–Crippen LogP) is 2.31. The van der Waals surface area contributed by atoms with Crippen LogP contribution in [0.2, 0.25) is 0 Å². The average Bonchev–Trinajstić information content (AvgIpc) is 2.95. The molecule has 2 aromatic carbocycles. The molecule has 0 saturated heterocycles. The Balaban J connectivity index is 1.85. The summed E-state index contributed by atoms with van der Waals surface area (Å²) in [5.74, 6) is -0.272. The smallest absolute Gasteiger partial charge is 0.316 e. The van der Waals surface area contributed by atoms with Gasteiger partial charge in [0.15, 0.2) is 0 Å². The summed E-state index contributed by atoms with van der Waals surface area (Å²) < 4.78 is 0. The number of nitrogens with zero attached hydrogens (tertiary/aromatic N) is 1. The average molecular weight is 295 g/mol. The Morgan fingerprint density at radius 2 is 1.77 bits per heavy atom. The van der Waals surface area contributed by atoms with Crippen LogP contribution in [0.3, 0.4) is 0 Å². The number of urea groups is 1. The molecule has 1 heterocycles. The number of nitrogens with two attached hydrogens (primary N) is 1. The van der Waals surface area contributed by atoms with Crippen LogP contribution in [0.5, 0.6) is 0 Å². The van der Waals surface area contributed by atoms with Crippen molar-refractivity contribution < 1.29 is 9.59 Å². The summed E-state index contributed by atoms with van der Waals surface area (Å²) in [5, 5.41) is 12.8. The second kappa shape index (κ2) is 5.57. The fraction of sp³-hybridized carbons (Fsp3) is 0. The number of para-hydroxylation sites is 1. The number of rotatable bonds is 3. The SMILES string of the molecule is NC(=O)Nc1cccc(NC(=O)c2cccc3cn[nH]c23)c1. The number of fused-ring (bicyclic) bond motifs is 1. The molecule has 0 atom stereocenters. The Morgan fingerprint density at radius 3 is 2.55 bits per heavy atom. The number of hydrogen-bond acceptors (Lipinski definition) is 3. The molecule has 7 heteroatoms. The number of aromatic amines is 1. The van der Waals surface area contributed by atoms with Crippen molar-refractivity contribution in [2.24, 2.45) is 5.73 Å². The van der Waals surface area contributed by atoms with Crippen LogP contribution < -0.4 is 16.4 Å². The highest BCUT2D eigenvalue weighted by atomic mass is 16.2. The van der Waals surface area contributed by atoms with E-state index in [0.717, 1.165) is 5.39 Å². The van der Waals surface area contributed by atoms with Gasteiger partial charge in [-0.15, -0.1) is 0 Å². The quantitative estimate of drug-likeness (QED) is 0.594. The van der Waals surface area contributed by atoms with E-state index < -0.39 is 6.03 Å². The van der Waals surface area contributed by atoms with Gasteiger partial charge in [0.25, 0.3) is 5.91 Å². The van der Waals surface area contributed by atoms with Gasteiger partial charge >= 0.3 is 6.03 Å². The molecule has 0 unspecified atom stereocenters. The van der Waals surface area contributed by atoms with E-state index >= 15 is 0 Å². The minimum Gasteiger partial charge on any atom is -0.351 e. The molecule has 1 aromatic heterocycles. The number of anilines is 2. The topological polar surface area (TPSA) is 113 Å². The zero-order valence-electron chi connectivity index (χ0n) is 11.5. The first-order valence-electron chi connectivity index (χ1n) is 6.53. The van der Waals surface area contributed by atoms with Crippen LogP contribution in [0.15, 0.2) is 48.7 Å². The molecule has 5 N–H and O–H groups in total. The third-order valence-corrected chi connectivity index (χ3v) is 3.11. The Morgan fingerprint density at radius 1 is 1.05 bits per heavy atom. The third kappa shape index (κ3) is 2.73. The maximum absolute atomic E-state index is 12.4. The van der Waals surface area contributed by atoms with Gasteiger partial charge in [-0.3, -0.25) is 9.89 Å². The summed E-state index contributed by atoms with van der Waals surface area (Å²) in [4.78, 5) is 23.2. The fourth-order valence-corrected chi connectivity index (χ4v) is 2.17. The largest absolute Gasteiger partial charge is 0.351 e. The minimum absolute atomic E-state index is 0.272. The van der Waals surface area contributed by atoms with Gasteiger partial charge in [0, 0.05) is 16.8 Å². The number of benzene rings is 2. The molecule has 0 bridgehead atoms. The number of carbonyl (C=O) groups is 2. The lowest BCUT2D eigenvalue weighted by Gasteiger charge is -2.08. The van der Waals surface area contributed by atoms with Gasteiger partial charge in [0.05, 0.1) is 17.3 Å². The Labute approximate surface area is 125 Å². The van der Waals surface area contributed by atoms with E-state index in [1.165, 1.54) is 0 Å². The normalized spacial score (nSPS) is 10.4. The van der Waals surface area contributed by atoms with E-state index in [1.54, 1.807) is 42.6 Å². The van der Waals surface area contributed by atoms with Gasteiger partial charge in [0.2, 0.25) is 0 Å². The lowest BCUT2D eigenvalue weighted by molar-refractivity contribution is 0.102. The van der Waals surface area contributed by atoms with Crippen molar-refractivity contribution in [2.75, 3.05) is 10.6 Å². The summed E-state index contributed by atoms with van der Waals surface area (Å²) in [5.41, 5.74) is 7.28. The molecular formula is C15H13N5O2. The summed E-state index contributed by atoms with van der Waals surface area (Å²) in [6.45, 7) is 0. The highest BCUT2D eigenvalue weighted by Crippen LogP contribution is 2.19. The van der Waals surface area contributed by atoms with E-state index in [1.807, 2.05) is 6.07 Å². The molecular weight excluding hydrogens is 282 g/mol. The zero-order valence-corrected chi connectivity index (χ0v) is 11.5. The standard InChI is InChI=1S/C15H13N5O2/c16-15(22)19-11-5-2-4-10(7-11)18-14(21)12-6-1-3-9-8-17-20-13(9)12/h1-8H,(H,17,20)(H,18,21)(H3,16,19,22). The maximum Gasteiger partial charge on any atom is 0.316 e. The zero-order chi connectivity index (χ0) is 15.5. The molecule has 0 fully saturated rings. The molecule has 0 saturated carbocycles. The number of aromatic nitrogens is 2. The van der Waals surface area contributed by atoms with Crippen molar-refractivity contribution >= 4 is 34.2 Å². The first-order chi connectivity index (χ1) is 10.6. The molecule has 0 aliphatic rings. The van der Waals surface area contributed by atoms with Crippen LogP contribution >= 0.6 is 0 Å². The number of amides is 3. The van der Waals surface area contributed by atoms with Crippen LogP contribution in [-0.2, 0) is 0 Å². The van der Waals surface area contributed by atoms with Crippen LogP contribution in [0, 0.1) is 0 Å². The van der Waals surface area contributed by atoms with Crippen molar-refractivity contribution in [3.8, 4) is 0 Å². The first-order valence-corrected chi connectivity index (χ1v) is 6.53. The maximum atomic E-state index is 12.4. The summed E-state index contributed by atoms with van der Waals surface area (Å²) >= 11 is 0. The van der Waals surface area contributed by atoms with Crippen molar-refractivity contribution in [2.45, 2.75) is 0 Å². The molecule has 3 amide bonds. The summed E-state index contributed by atoms with van der Waals surface area (Å²) in [6, 6.07) is 11.4. The second-order valence-corrected chi connectivity index (χ2v) is 4.66. The van der Waals surface area contributed by atoms with Gasteiger partial charge in [-0.2, -0.15) is 5.10 Å². The second-order valence-electron chi connectivity index (χ2n) is 4.66. The van der Waals surface area contributed by atoms with E-state index in [-0.39, 0.29) is 5.91 Å².